The molecule has 4 rings (SSSR count). The van der Waals surface area contributed by atoms with E-state index in [9.17, 15) is 4.79 Å². The minimum absolute atomic E-state index is 0.136. The van der Waals surface area contributed by atoms with Crippen molar-refractivity contribution in [3.63, 3.8) is 0 Å². The molecule has 1 aromatic carbocycles. The molecule has 0 bridgehead atoms. The Balaban J connectivity index is 1.69. The van der Waals surface area contributed by atoms with Crippen molar-refractivity contribution in [3.05, 3.63) is 47.2 Å². The SMILES string of the molecule is CCC(=O)c1ccccc1CNc1nc(N2CCC(N)CC2)nc2c(C(C)C)cnn12. The van der Waals surface area contributed by atoms with E-state index in [4.69, 9.17) is 15.7 Å². The number of benzene rings is 1. The molecule has 0 aliphatic carbocycles. The van der Waals surface area contributed by atoms with Crippen LogP contribution >= 0.6 is 0 Å². The van der Waals surface area contributed by atoms with Crippen LogP contribution in [0.3, 0.4) is 0 Å². The molecular weight excluding hydrogens is 390 g/mol. The van der Waals surface area contributed by atoms with Crippen LogP contribution in [-0.4, -0.2) is 44.5 Å². The number of nitrogens with zero attached hydrogens (tertiary/aromatic N) is 5. The zero-order valence-electron chi connectivity index (χ0n) is 18.5. The van der Waals surface area contributed by atoms with Crippen LogP contribution < -0.4 is 16.0 Å². The molecule has 3 heterocycles. The van der Waals surface area contributed by atoms with Crippen LogP contribution in [0.2, 0.25) is 0 Å². The van der Waals surface area contributed by atoms with Gasteiger partial charge in [-0.15, -0.1) is 0 Å². The fraction of sp³-hybridized carbons (Fsp3) is 0.478. The Morgan fingerprint density at radius 3 is 2.68 bits per heavy atom. The minimum Gasteiger partial charge on any atom is -0.350 e. The molecule has 0 atom stereocenters. The lowest BCUT2D eigenvalue weighted by molar-refractivity contribution is 0.0987. The highest BCUT2D eigenvalue weighted by molar-refractivity contribution is 5.97. The standard InChI is InChI=1S/C23H31N7O/c1-4-20(31)18-8-6-5-7-16(18)13-25-22-28-23(29-11-9-17(24)10-12-29)27-21-19(15(2)3)14-26-30(21)22/h5-8,14-15,17H,4,9-13,24H2,1-3H3,(H,25,27,28). The van der Waals surface area contributed by atoms with E-state index in [1.165, 1.54) is 0 Å². The summed E-state index contributed by atoms with van der Waals surface area (Å²) in [5.41, 5.74) is 9.68. The number of hydrogen-bond donors (Lipinski definition) is 2. The molecule has 0 unspecified atom stereocenters. The fourth-order valence-corrected chi connectivity index (χ4v) is 3.96. The lowest BCUT2D eigenvalue weighted by Crippen LogP contribution is -2.40. The van der Waals surface area contributed by atoms with Crippen molar-refractivity contribution < 1.29 is 4.79 Å². The molecule has 8 heteroatoms. The molecule has 1 saturated heterocycles. The predicted octanol–water partition coefficient (Wildman–Crippen LogP) is 3.38. The van der Waals surface area contributed by atoms with Crippen molar-refractivity contribution in [2.24, 2.45) is 5.73 Å². The van der Waals surface area contributed by atoms with Crippen molar-refractivity contribution in [2.75, 3.05) is 23.3 Å². The van der Waals surface area contributed by atoms with E-state index in [2.05, 4.69) is 29.2 Å². The number of ketones is 1. The summed E-state index contributed by atoms with van der Waals surface area (Å²) in [6, 6.07) is 7.95. The highest BCUT2D eigenvalue weighted by atomic mass is 16.1. The second-order valence-electron chi connectivity index (χ2n) is 8.45. The van der Waals surface area contributed by atoms with Gasteiger partial charge in [-0.25, -0.2) is 0 Å². The van der Waals surface area contributed by atoms with E-state index in [0.717, 1.165) is 48.3 Å². The van der Waals surface area contributed by atoms with Crippen molar-refractivity contribution in [2.45, 2.75) is 58.5 Å². The van der Waals surface area contributed by atoms with Gasteiger partial charge in [-0.05, 0) is 24.3 Å². The van der Waals surface area contributed by atoms with E-state index >= 15 is 0 Å². The van der Waals surface area contributed by atoms with Crippen LogP contribution in [0.15, 0.2) is 30.5 Å². The maximum Gasteiger partial charge on any atom is 0.230 e. The summed E-state index contributed by atoms with van der Waals surface area (Å²) in [6.45, 7) is 8.33. The molecule has 3 N–H and O–H groups in total. The predicted molar refractivity (Wildman–Crippen MR) is 123 cm³/mol. The first-order valence-electron chi connectivity index (χ1n) is 11.1. The van der Waals surface area contributed by atoms with E-state index in [1.54, 1.807) is 4.52 Å². The first-order valence-corrected chi connectivity index (χ1v) is 11.1. The molecular formula is C23H31N7O. The zero-order valence-corrected chi connectivity index (χ0v) is 18.5. The lowest BCUT2D eigenvalue weighted by atomic mass is 10.0. The van der Waals surface area contributed by atoms with Crippen LogP contribution in [-0.2, 0) is 6.54 Å². The number of fused-ring (bicyclic) bond motifs is 1. The number of rotatable bonds is 7. The number of hydrogen-bond acceptors (Lipinski definition) is 7. The summed E-state index contributed by atoms with van der Waals surface area (Å²) >= 11 is 0. The Kier molecular flexibility index (Phi) is 6.18. The van der Waals surface area contributed by atoms with Crippen molar-refractivity contribution in [1.29, 1.82) is 0 Å². The van der Waals surface area contributed by atoms with Gasteiger partial charge in [0.05, 0.1) is 6.20 Å². The molecule has 1 aliphatic rings. The Morgan fingerprint density at radius 2 is 1.97 bits per heavy atom. The molecule has 0 saturated carbocycles. The molecule has 2 aromatic heterocycles. The summed E-state index contributed by atoms with van der Waals surface area (Å²) in [5.74, 6) is 1.75. The summed E-state index contributed by atoms with van der Waals surface area (Å²) < 4.78 is 1.76. The van der Waals surface area contributed by atoms with Crippen LogP contribution in [0.5, 0.6) is 0 Å². The van der Waals surface area contributed by atoms with Gasteiger partial charge in [0, 0.05) is 43.2 Å². The van der Waals surface area contributed by atoms with Gasteiger partial charge in [-0.3, -0.25) is 4.79 Å². The van der Waals surface area contributed by atoms with E-state index in [1.807, 2.05) is 37.4 Å². The van der Waals surface area contributed by atoms with E-state index in [0.29, 0.717) is 30.8 Å². The van der Waals surface area contributed by atoms with Gasteiger partial charge in [0.2, 0.25) is 11.9 Å². The number of Topliss-reactive ketones (excluding diaryl/α,β-unsaturated/α-hetero) is 1. The third kappa shape index (κ3) is 4.39. The van der Waals surface area contributed by atoms with Gasteiger partial charge in [-0.1, -0.05) is 45.0 Å². The second kappa shape index (κ2) is 9.01. The highest BCUT2D eigenvalue weighted by Gasteiger charge is 2.22. The van der Waals surface area contributed by atoms with Crippen molar-refractivity contribution >= 4 is 23.3 Å². The summed E-state index contributed by atoms with van der Waals surface area (Å²) in [7, 11) is 0. The molecule has 1 aliphatic heterocycles. The lowest BCUT2D eigenvalue weighted by Gasteiger charge is -2.30. The van der Waals surface area contributed by atoms with Crippen LogP contribution in [0, 0.1) is 0 Å². The van der Waals surface area contributed by atoms with E-state index in [-0.39, 0.29) is 11.8 Å². The maximum absolute atomic E-state index is 12.3. The van der Waals surface area contributed by atoms with Gasteiger partial charge < -0.3 is 16.0 Å². The normalized spacial score (nSPS) is 15.1. The third-order valence-corrected chi connectivity index (χ3v) is 5.90. The molecule has 164 valence electrons. The zero-order chi connectivity index (χ0) is 22.0. The number of aromatic nitrogens is 4. The number of carbonyl (C=O) groups is 1. The summed E-state index contributed by atoms with van der Waals surface area (Å²) in [6.07, 6.45) is 4.21. The van der Waals surface area contributed by atoms with Gasteiger partial charge >= 0.3 is 0 Å². The number of nitrogens with two attached hydrogens (primary N) is 1. The first-order chi connectivity index (χ1) is 15.0. The average molecular weight is 422 g/mol. The molecule has 8 nitrogen and oxygen atoms in total. The highest BCUT2D eigenvalue weighted by Crippen LogP contribution is 2.25. The quantitative estimate of drug-likeness (QED) is 0.564. The van der Waals surface area contributed by atoms with Gasteiger partial charge in [0.15, 0.2) is 11.4 Å². The number of piperidine rings is 1. The van der Waals surface area contributed by atoms with Crippen LogP contribution in [0.25, 0.3) is 5.65 Å². The molecule has 1 fully saturated rings. The van der Waals surface area contributed by atoms with Gasteiger partial charge in [0.25, 0.3) is 0 Å². The molecule has 31 heavy (non-hydrogen) atoms. The molecule has 3 aromatic rings. The first kappa shape index (κ1) is 21.2. The molecule has 0 spiro atoms. The summed E-state index contributed by atoms with van der Waals surface area (Å²) in [4.78, 5) is 24.2. The van der Waals surface area contributed by atoms with Crippen LogP contribution in [0.1, 0.15) is 67.4 Å². The molecule has 0 radical (unpaired) electrons. The Bertz CT molecular complexity index is 1070. The monoisotopic (exact) mass is 421 g/mol. The van der Waals surface area contributed by atoms with Gasteiger partial charge in [0.1, 0.15) is 0 Å². The second-order valence-corrected chi connectivity index (χ2v) is 8.45. The average Bonchev–Trinajstić information content (AvgIpc) is 3.22. The Labute approximate surface area is 182 Å². The number of carbonyl (C=O) groups excluding carboxylic acids is 1. The Morgan fingerprint density at radius 1 is 1.23 bits per heavy atom. The Hall–Kier alpha value is -3.00. The third-order valence-electron chi connectivity index (χ3n) is 5.90. The number of nitrogens with one attached hydrogen (secondary N) is 1. The fourth-order valence-electron chi connectivity index (χ4n) is 3.96. The van der Waals surface area contributed by atoms with E-state index < -0.39 is 0 Å². The maximum atomic E-state index is 12.3. The molecule has 0 amide bonds. The minimum atomic E-state index is 0.136. The largest absolute Gasteiger partial charge is 0.350 e. The topological polar surface area (TPSA) is 101 Å². The number of anilines is 2. The smallest absolute Gasteiger partial charge is 0.230 e. The van der Waals surface area contributed by atoms with Gasteiger partial charge in [-0.2, -0.15) is 19.6 Å². The van der Waals surface area contributed by atoms with Crippen molar-refractivity contribution in [3.8, 4) is 0 Å². The summed E-state index contributed by atoms with van der Waals surface area (Å²) in [5, 5.41) is 7.96. The van der Waals surface area contributed by atoms with Crippen molar-refractivity contribution in [1.82, 2.24) is 19.6 Å². The van der Waals surface area contributed by atoms with Crippen LogP contribution in [0.4, 0.5) is 11.9 Å².